The molecule has 1 unspecified atom stereocenters. The molecular weight excluding hydrogens is 247 g/mol. The van der Waals surface area contributed by atoms with Gasteiger partial charge in [0.15, 0.2) is 6.29 Å². The summed E-state index contributed by atoms with van der Waals surface area (Å²) in [5.41, 5.74) is 7.43. The van der Waals surface area contributed by atoms with Crippen LogP contribution in [0.25, 0.3) is 0 Å². The highest BCUT2D eigenvalue weighted by Gasteiger charge is 2.42. The molecular formula is C14H21FN2O2. The van der Waals surface area contributed by atoms with Crippen molar-refractivity contribution in [3.8, 4) is 0 Å². The van der Waals surface area contributed by atoms with Gasteiger partial charge in [0, 0.05) is 33.0 Å². The van der Waals surface area contributed by atoms with Crippen LogP contribution in [-0.2, 0) is 15.9 Å². The van der Waals surface area contributed by atoms with E-state index in [2.05, 4.69) is 4.90 Å². The van der Waals surface area contributed by atoms with Crippen molar-refractivity contribution < 1.29 is 13.9 Å². The molecule has 1 heterocycles. The van der Waals surface area contributed by atoms with E-state index in [4.69, 9.17) is 15.2 Å². The number of anilines is 1. The van der Waals surface area contributed by atoms with Crippen molar-refractivity contribution in [2.24, 2.45) is 5.73 Å². The molecule has 0 spiro atoms. The number of nitrogens with zero attached hydrogens (tertiary/aromatic N) is 1. The molecule has 2 rings (SSSR count). The molecule has 0 aliphatic carbocycles. The van der Waals surface area contributed by atoms with Crippen LogP contribution in [0.15, 0.2) is 18.2 Å². The minimum absolute atomic E-state index is 0.239. The first kappa shape index (κ1) is 14.2. The predicted octanol–water partition coefficient (Wildman–Crippen LogP) is 1.52. The van der Waals surface area contributed by atoms with Gasteiger partial charge in [-0.3, -0.25) is 0 Å². The number of halogens is 1. The number of fused-ring (bicyclic) bond motifs is 1. The van der Waals surface area contributed by atoms with E-state index in [0.29, 0.717) is 6.54 Å². The van der Waals surface area contributed by atoms with Crippen LogP contribution in [0.4, 0.5) is 10.1 Å². The molecule has 106 valence electrons. The van der Waals surface area contributed by atoms with Crippen molar-refractivity contribution in [3.05, 3.63) is 29.6 Å². The molecule has 0 amide bonds. The van der Waals surface area contributed by atoms with E-state index >= 15 is 0 Å². The zero-order valence-electron chi connectivity index (χ0n) is 11.6. The van der Waals surface area contributed by atoms with Gasteiger partial charge in [0.2, 0.25) is 0 Å². The average Bonchev–Trinajstić information content (AvgIpc) is 2.83. The average molecular weight is 268 g/mol. The smallest absolute Gasteiger partial charge is 0.180 e. The summed E-state index contributed by atoms with van der Waals surface area (Å²) in [5.74, 6) is -0.239. The quantitative estimate of drug-likeness (QED) is 0.823. The van der Waals surface area contributed by atoms with Crippen LogP contribution in [0, 0.1) is 5.82 Å². The Kier molecular flexibility index (Phi) is 4.08. The Morgan fingerprint density at radius 2 is 2.11 bits per heavy atom. The lowest BCUT2D eigenvalue weighted by atomic mass is 9.98. The Hall–Kier alpha value is -1.17. The zero-order valence-corrected chi connectivity index (χ0v) is 11.6. The summed E-state index contributed by atoms with van der Waals surface area (Å²) in [6, 6.07) is 4.88. The van der Waals surface area contributed by atoms with Crippen LogP contribution in [0.1, 0.15) is 12.5 Å². The normalized spacial score (nSPS) is 17.7. The van der Waals surface area contributed by atoms with E-state index in [-0.39, 0.29) is 5.82 Å². The third-order valence-corrected chi connectivity index (χ3v) is 3.91. The first-order valence-electron chi connectivity index (χ1n) is 6.38. The minimum atomic E-state index is -0.525. The van der Waals surface area contributed by atoms with Gasteiger partial charge in [0.1, 0.15) is 11.4 Å². The number of hydrogen-bond donors (Lipinski definition) is 1. The fraction of sp³-hybridized carbons (Fsp3) is 0.571. The Morgan fingerprint density at radius 3 is 2.68 bits per heavy atom. The summed E-state index contributed by atoms with van der Waals surface area (Å²) < 4.78 is 24.2. The third kappa shape index (κ3) is 2.33. The molecule has 0 saturated heterocycles. The second-order valence-electron chi connectivity index (χ2n) is 5.04. The number of methoxy groups -OCH3 is 2. The fourth-order valence-corrected chi connectivity index (χ4v) is 2.82. The molecule has 19 heavy (non-hydrogen) atoms. The Morgan fingerprint density at radius 1 is 1.42 bits per heavy atom. The van der Waals surface area contributed by atoms with Gasteiger partial charge in [-0.2, -0.15) is 0 Å². The molecule has 1 aromatic rings. The largest absolute Gasteiger partial charge is 0.359 e. The van der Waals surface area contributed by atoms with Gasteiger partial charge in [-0.1, -0.05) is 6.07 Å². The van der Waals surface area contributed by atoms with Crippen LogP contribution >= 0.6 is 0 Å². The SMILES string of the molecule is COC(OC)C(C)(CN)N1CCc2ccc(F)cc21. The molecule has 0 radical (unpaired) electrons. The van der Waals surface area contributed by atoms with Gasteiger partial charge >= 0.3 is 0 Å². The van der Waals surface area contributed by atoms with Crippen molar-refractivity contribution in [1.82, 2.24) is 0 Å². The lowest BCUT2D eigenvalue weighted by Gasteiger charge is -2.43. The first-order valence-corrected chi connectivity index (χ1v) is 6.38. The molecule has 5 heteroatoms. The van der Waals surface area contributed by atoms with Crippen molar-refractivity contribution in [2.45, 2.75) is 25.2 Å². The van der Waals surface area contributed by atoms with Gasteiger partial charge in [0.25, 0.3) is 0 Å². The molecule has 1 aromatic carbocycles. The lowest BCUT2D eigenvalue weighted by molar-refractivity contribution is -0.141. The maximum absolute atomic E-state index is 13.5. The number of benzene rings is 1. The van der Waals surface area contributed by atoms with Gasteiger partial charge in [-0.05, 0) is 31.0 Å². The third-order valence-electron chi connectivity index (χ3n) is 3.91. The molecule has 1 atom stereocenters. The summed E-state index contributed by atoms with van der Waals surface area (Å²) in [5, 5.41) is 0. The van der Waals surface area contributed by atoms with Crippen LogP contribution in [0.2, 0.25) is 0 Å². The maximum atomic E-state index is 13.5. The van der Waals surface area contributed by atoms with Gasteiger partial charge in [-0.25, -0.2) is 4.39 Å². The maximum Gasteiger partial charge on any atom is 0.180 e. The minimum Gasteiger partial charge on any atom is -0.359 e. The Balaban J connectivity index is 2.39. The molecule has 4 nitrogen and oxygen atoms in total. The van der Waals surface area contributed by atoms with Crippen LogP contribution < -0.4 is 10.6 Å². The number of ether oxygens (including phenoxy) is 2. The molecule has 2 N–H and O–H groups in total. The van der Waals surface area contributed by atoms with E-state index in [0.717, 1.165) is 24.2 Å². The van der Waals surface area contributed by atoms with Crippen molar-refractivity contribution in [1.29, 1.82) is 0 Å². The summed E-state index contributed by atoms with van der Waals surface area (Å²) >= 11 is 0. The van der Waals surface area contributed by atoms with E-state index in [1.807, 2.05) is 13.0 Å². The number of hydrogen-bond acceptors (Lipinski definition) is 4. The summed E-state index contributed by atoms with van der Waals surface area (Å²) in [6.07, 6.45) is 0.414. The fourth-order valence-electron chi connectivity index (χ4n) is 2.82. The van der Waals surface area contributed by atoms with Crippen LogP contribution in [-0.4, -0.2) is 39.1 Å². The van der Waals surface area contributed by atoms with Crippen LogP contribution in [0.3, 0.4) is 0 Å². The molecule has 1 aliphatic rings. The lowest BCUT2D eigenvalue weighted by Crippen LogP contribution is -2.60. The second kappa shape index (κ2) is 5.45. The molecule has 0 aromatic heterocycles. The monoisotopic (exact) mass is 268 g/mol. The van der Waals surface area contributed by atoms with Gasteiger partial charge in [-0.15, -0.1) is 0 Å². The summed E-state index contributed by atoms with van der Waals surface area (Å²) in [7, 11) is 3.18. The van der Waals surface area contributed by atoms with Crippen molar-refractivity contribution in [2.75, 3.05) is 32.2 Å². The highest BCUT2D eigenvalue weighted by Crippen LogP contribution is 2.36. The molecule has 0 bridgehead atoms. The number of nitrogens with two attached hydrogens (primary N) is 1. The van der Waals surface area contributed by atoms with Crippen LogP contribution in [0.5, 0.6) is 0 Å². The van der Waals surface area contributed by atoms with E-state index in [1.54, 1.807) is 20.3 Å². The molecule has 0 saturated carbocycles. The number of rotatable bonds is 5. The van der Waals surface area contributed by atoms with E-state index in [9.17, 15) is 4.39 Å². The highest BCUT2D eigenvalue weighted by atomic mass is 19.1. The van der Waals surface area contributed by atoms with Crippen molar-refractivity contribution in [3.63, 3.8) is 0 Å². The first-order chi connectivity index (χ1) is 9.06. The van der Waals surface area contributed by atoms with Gasteiger partial charge in [0.05, 0.1) is 0 Å². The van der Waals surface area contributed by atoms with Gasteiger partial charge < -0.3 is 20.1 Å². The zero-order chi connectivity index (χ0) is 14.0. The van der Waals surface area contributed by atoms with E-state index < -0.39 is 11.8 Å². The standard InChI is InChI=1S/C14H21FN2O2/c1-14(9-16,13(18-2)19-3)17-7-6-10-4-5-11(15)8-12(10)17/h4-5,8,13H,6-7,9,16H2,1-3H3. The summed E-state index contributed by atoms with van der Waals surface area (Å²) in [6.45, 7) is 3.12. The topological polar surface area (TPSA) is 47.7 Å². The molecule has 1 aliphatic heterocycles. The second-order valence-corrected chi connectivity index (χ2v) is 5.04. The van der Waals surface area contributed by atoms with Crippen molar-refractivity contribution >= 4 is 5.69 Å². The summed E-state index contributed by atoms with van der Waals surface area (Å²) in [4.78, 5) is 2.09. The Bertz CT molecular complexity index is 451. The van der Waals surface area contributed by atoms with E-state index in [1.165, 1.54) is 6.07 Å². The Labute approximate surface area is 113 Å². The molecule has 0 fully saturated rings. The predicted molar refractivity (Wildman–Crippen MR) is 72.7 cm³/mol. The highest BCUT2D eigenvalue weighted by molar-refractivity contribution is 5.60.